The van der Waals surface area contributed by atoms with E-state index in [0.717, 1.165) is 0 Å². The highest BCUT2D eigenvalue weighted by atomic mass is 16.6. The second-order valence-corrected chi connectivity index (χ2v) is 4.25. The Kier molecular flexibility index (Phi) is 6.87. The molecule has 20 heavy (non-hydrogen) atoms. The molecule has 1 atom stereocenters. The number of amides is 1. The van der Waals surface area contributed by atoms with Crippen LogP contribution in [0.2, 0.25) is 0 Å². The fraction of sp³-hybridized carbons (Fsp3) is 0.333. The summed E-state index contributed by atoms with van der Waals surface area (Å²) in [6, 6.07) is 4.84. The molecule has 0 bridgehead atoms. The molecule has 0 radical (unpaired) electrons. The van der Waals surface area contributed by atoms with Crippen LogP contribution in [-0.2, 0) is 4.79 Å². The zero-order chi connectivity index (χ0) is 15.9. The van der Waals surface area contributed by atoms with Crippen molar-refractivity contribution in [3.8, 4) is 0 Å². The molecule has 1 aromatic carbocycles. The standard InChI is InChI=1S/C7H6N2O3.C5H11NO2/c8-7(10)5-3-1-2-4-6(5)9(11)12;1-3(2)4(6)5(7)8/h1-4H,(H2,8,10);3-4H,6H2,1-2H3,(H,7,8)/t;4-/m.0/s1. The second-order valence-electron chi connectivity index (χ2n) is 4.25. The summed E-state index contributed by atoms with van der Waals surface area (Å²) in [6.07, 6.45) is 0. The SMILES string of the molecule is CC(C)[C@H](N)C(=O)O.NC(=O)c1ccccc1[N+](=O)[O-]. The van der Waals surface area contributed by atoms with Crippen LogP contribution < -0.4 is 11.5 Å². The molecule has 8 heteroatoms. The molecule has 110 valence electrons. The number of nitro benzene ring substituents is 1. The van der Waals surface area contributed by atoms with E-state index in [1.807, 2.05) is 0 Å². The maximum atomic E-state index is 10.6. The van der Waals surface area contributed by atoms with Gasteiger partial charge in [0.1, 0.15) is 11.6 Å². The Morgan fingerprint density at radius 3 is 2.05 bits per heavy atom. The van der Waals surface area contributed by atoms with Crippen molar-refractivity contribution in [3.63, 3.8) is 0 Å². The molecular formula is C12H17N3O5. The van der Waals surface area contributed by atoms with Gasteiger partial charge in [0, 0.05) is 6.07 Å². The van der Waals surface area contributed by atoms with Crippen LogP contribution in [0.25, 0.3) is 0 Å². The molecule has 8 nitrogen and oxygen atoms in total. The summed E-state index contributed by atoms with van der Waals surface area (Å²) in [4.78, 5) is 30.3. The number of rotatable bonds is 4. The van der Waals surface area contributed by atoms with Crippen LogP contribution in [0.1, 0.15) is 24.2 Å². The topological polar surface area (TPSA) is 150 Å². The third kappa shape index (κ3) is 5.44. The van der Waals surface area contributed by atoms with Crippen molar-refractivity contribution < 1.29 is 19.6 Å². The van der Waals surface area contributed by atoms with E-state index in [1.165, 1.54) is 24.3 Å². The first-order valence-corrected chi connectivity index (χ1v) is 5.70. The molecular weight excluding hydrogens is 266 g/mol. The fourth-order valence-electron chi connectivity index (χ4n) is 1.13. The second kappa shape index (κ2) is 7.85. The number of nitro groups is 1. The van der Waals surface area contributed by atoms with E-state index in [4.69, 9.17) is 16.6 Å². The molecule has 0 saturated heterocycles. The number of carbonyl (C=O) groups is 2. The van der Waals surface area contributed by atoms with Crippen molar-refractivity contribution in [1.29, 1.82) is 0 Å². The van der Waals surface area contributed by atoms with E-state index < -0.39 is 22.8 Å². The number of hydrogen-bond donors (Lipinski definition) is 3. The van der Waals surface area contributed by atoms with E-state index in [1.54, 1.807) is 13.8 Å². The zero-order valence-electron chi connectivity index (χ0n) is 11.1. The molecule has 0 fully saturated rings. The number of carboxylic acid groups (broad SMARTS) is 1. The highest BCUT2D eigenvalue weighted by Gasteiger charge is 2.16. The predicted molar refractivity (Wildman–Crippen MR) is 72.1 cm³/mol. The highest BCUT2D eigenvalue weighted by molar-refractivity contribution is 5.96. The number of nitrogens with zero attached hydrogens (tertiary/aromatic N) is 1. The average molecular weight is 283 g/mol. The first-order chi connectivity index (χ1) is 9.18. The van der Waals surface area contributed by atoms with Crippen LogP contribution in [0.15, 0.2) is 24.3 Å². The van der Waals surface area contributed by atoms with Gasteiger partial charge in [-0.25, -0.2) is 0 Å². The number of nitrogens with two attached hydrogens (primary N) is 2. The van der Waals surface area contributed by atoms with Gasteiger partial charge in [-0.1, -0.05) is 26.0 Å². The van der Waals surface area contributed by atoms with Gasteiger partial charge in [-0.2, -0.15) is 0 Å². The fourth-order valence-corrected chi connectivity index (χ4v) is 1.13. The number of primary amides is 1. The van der Waals surface area contributed by atoms with Crippen LogP contribution in [0.5, 0.6) is 0 Å². The average Bonchev–Trinajstić information content (AvgIpc) is 2.38. The summed E-state index contributed by atoms with van der Waals surface area (Å²) < 4.78 is 0. The first kappa shape index (κ1) is 17.5. The number of aliphatic carboxylic acids is 1. The van der Waals surface area contributed by atoms with Crippen LogP contribution >= 0.6 is 0 Å². The minimum absolute atomic E-state index is 0.0208. The van der Waals surface area contributed by atoms with Gasteiger partial charge in [0.2, 0.25) is 0 Å². The lowest BCUT2D eigenvalue weighted by molar-refractivity contribution is -0.385. The Bertz CT molecular complexity index is 469. The number of para-hydroxylation sites is 1. The molecule has 0 unspecified atom stereocenters. The normalized spacial score (nSPS) is 11.2. The molecule has 5 N–H and O–H groups in total. The Morgan fingerprint density at radius 1 is 1.30 bits per heavy atom. The minimum atomic E-state index is -0.931. The van der Waals surface area contributed by atoms with Crippen molar-refractivity contribution in [1.82, 2.24) is 0 Å². The molecule has 0 aromatic heterocycles. The molecule has 0 aliphatic heterocycles. The van der Waals surface area contributed by atoms with Gasteiger partial charge in [0.05, 0.1) is 4.92 Å². The van der Waals surface area contributed by atoms with E-state index in [9.17, 15) is 19.7 Å². The Morgan fingerprint density at radius 2 is 1.80 bits per heavy atom. The van der Waals surface area contributed by atoms with Crippen molar-refractivity contribution in [2.24, 2.45) is 17.4 Å². The van der Waals surface area contributed by atoms with Gasteiger partial charge >= 0.3 is 5.97 Å². The third-order valence-electron chi connectivity index (χ3n) is 2.37. The summed E-state index contributed by atoms with van der Waals surface area (Å²) >= 11 is 0. The molecule has 0 aliphatic carbocycles. The van der Waals surface area contributed by atoms with Crippen molar-refractivity contribution in [2.45, 2.75) is 19.9 Å². The number of benzene rings is 1. The molecule has 1 aromatic rings. The van der Waals surface area contributed by atoms with Gasteiger partial charge in [0.15, 0.2) is 0 Å². The van der Waals surface area contributed by atoms with Crippen LogP contribution in [0.3, 0.4) is 0 Å². The maximum Gasteiger partial charge on any atom is 0.320 e. The maximum absolute atomic E-state index is 10.6. The largest absolute Gasteiger partial charge is 0.480 e. The quantitative estimate of drug-likeness (QED) is 0.548. The molecule has 0 spiro atoms. The van der Waals surface area contributed by atoms with Gasteiger partial charge in [0.25, 0.3) is 11.6 Å². The van der Waals surface area contributed by atoms with Gasteiger partial charge in [-0.15, -0.1) is 0 Å². The Hall–Kier alpha value is -2.48. The predicted octanol–water partition coefficient (Wildman–Crippen LogP) is 0.748. The molecule has 1 amide bonds. The van der Waals surface area contributed by atoms with E-state index in [-0.39, 0.29) is 17.2 Å². The molecule has 0 saturated carbocycles. The lowest BCUT2D eigenvalue weighted by atomic mass is 10.1. The van der Waals surface area contributed by atoms with E-state index in [0.29, 0.717) is 0 Å². The lowest BCUT2D eigenvalue weighted by Gasteiger charge is -2.07. The van der Waals surface area contributed by atoms with Crippen LogP contribution in [0.4, 0.5) is 5.69 Å². The summed E-state index contributed by atoms with van der Waals surface area (Å²) in [6.45, 7) is 3.55. The smallest absolute Gasteiger partial charge is 0.320 e. The van der Waals surface area contributed by atoms with E-state index >= 15 is 0 Å². The van der Waals surface area contributed by atoms with Gasteiger partial charge in [-0.05, 0) is 12.0 Å². The Labute approximate surface area is 115 Å². The van der Waals surface area contributed by atoms with Crippen LogP contribution in [-0.4, -0.2) is 27.9 Å². The highest BCUT2D eigenvalue weighted by Crippen LogP contribution is 2.16. The van der Waals surface area contributed by atoms with Crippen LogP contribution in [0, 0.1) is 16.0 Å². The Balaban J connectivity index is 0.000000396. The third-order valence-corrected chi connectivity index (χ3v) is 2.37. The van der Waals surface area contributed by atoms with Gasteiger partial charge < -0.3 is 16.6 Å². The van der Waals surface area contributed by atoms with Crippen molar-refractivity contribution in [2.75, 3.05) is 0 Å². The van der Waals surface area contributed by atoms with E-state index in [2.05, 4.69) is 0 Å². The van der Waals surface area contributed by atoms with Crippen molar-refractivity contribution >= 4 is 17.6 Å². The number of hydrogen-bond acceptors (Lipinski definition) is 5. The van der Waals surface area contributed by atoms with Gasteiger partial charge in [-0.3, -0.25) is 19.7 Å². The number of carbonyl (C=O) groups excluding carboxylic acids is 1. The molecule has 0 heterocycles. The number of carboxylic acids is 1. The summed E-state index contributed by atoms with van der Waals surface area (Å²) in [7, 11) is 0. The minimum Gasteiger partial charge on any atom is -0.480 e. The summed E-state index contributed by atoms with van der Waals surface area (Å²) in [5, 5.41) is 18.6. The zero-order valence-corrected chi connectivity index (χ0v) is 11.1. The summed E-state index contributed by atoms with van der Waals surface area (Å²) in [5.41, 5.74) is 9.74. The van der Waals surface area contributed by atoms with Crippen molar-refractivity contribution in [3.05, 3.63) is 39.9 Å². The molecule has 1 rings (SSSR count). The lowest BCUT2D eigenvalue weighted by Crippen LogP contribution is -2.34. The first-order valence-electron chi connectivity index (χ1n) is 5.70. The monoisotopic (exact) mass is 283 g/mol. The summed E-state index contributed by atoms with van der Waals surface area (Å²) in [5.74, 6) is -1.70. The molecule has 0 aliphatic rings.